The van der Waals surface area contributed by atoms with Crippen LogP contribution in [-0.4, -0.2) is 9.55 Å². The quantitative estimate of drug-likeness (QED) is 0.131. The second-order valence-electron chi connectivity index (χ2n) is 13.1. The van der Waals surface area contributed by atoms with E-state index >= 15 is 0 Å². The Hall–Kier alpha value is -6.51. The summed E-state index contributed by atoms with van der Waals surface area (Å²) in [6.45, 7) is 0. The molecule has 1 aromatic heterocycles. The van der Waals surface area contributed by atoms with Crippen molar-refractivity contribution in [2.24, 2.45) is 0 Å². The highest BCUT2D eigenvalue weighted by Gasteiger charge is 2.40. The predicted octanol–water partition coefficient (Wildman–Crippen LogP) is 12.0. The Labute approximate surface area is 290 Å². The lowest BCUT2D eigenvalue weighted by Gasteiger charge is -2.38. The molecule has 0 aliphatic heterocycles. The fourth-order valence-electron chi connectivity index (χ4n) is 8.34. The summed E-state index contributed by atoms with van der Waals surface area (Å²) in [7, 11) is 0. The number of fused-ring (bicyclic) bond motifs is 1. The SMILES string of the molecule is c1ccc(-n2c(-c3ccc(C(c4ccccc4)(c4ccccc4)c4cc5cccc6ccc7cccc4c7c65)cc3)nc3ccccc32)cc1. The van der Waals surface area contributed by atoms with Crippen LogP contribution in [0.3, 0.4) is 0 Å². The van der Waals surface area contributed by atoms with Crippen molar-refractivity contribution in [2.75, 3.05) is 0 Å². The molecule has 0 atom stereocenters. The second kappa shape index (κ2) is 11.3. The number of rotatable bonds is 6. The predicted molar refractivity (Wildman–Crippen MR) is 209 cm³/mol. The lowest BCUT2D eigenvalue weighted by Crippen LogP contribution is -2.31. The average Bonchev–Trinajstić information content (AvgIpc) is 3.59. The second-order valence-corrected chi connectivity index (χ2v) is 13.1. The maximum Gasteiger partial charge on any atom is 0.145 e. The number of hydrogen-bond donors (Lipinski definition) is 0. The van der Waals surface area contributed by atoms with Gasteiger partial charge in [-0.25, -0.2) is 4.98 Å². The standard InChI is InChI=1S/C48H32N2/c1-4-17-37(18-5-1)48(38-19-6-2-7-20-38,42-32-36-16-12-14-33-26-27-34-15-13-23-41(42)46(34)45(33)36)39-30-28-35(29-31-39)47-49-43-24-10-11-25-44(43)50(47)40-21-8-3-9-22-40/h1-32H. The van der Waals surface area contributed by atoms with Crippen LogP contribution < -0.4 is 0 Å². The van der Waals surface area contributed by atoms with Crippen LogP contribution in [-0.2, 0) is 5.41 Å². The smallest absolute Gasteiger partial charge is 0.145 e. The molecule has 0 amide bonds. The molecule has 10 aromatic rings. The van der Waals surface area contributed by atoms with Crippen LogP contribution in [0.25, 0.3) is 60.4 Å². The van der Waals surface area contributed by atoms with Gasteiger partial charge in [-0.2, -0.15) is 0 Å². The van der Waals surface area contributed by atoms with Crippen LogP contribution in [0.15, 0.2) is 194 Å². The van der Waals surface area contributed by atoms with Gasteiger partial charge in [-0.05, 0) is 84.9 Å². The van der Waals surface area contributed by atoms with E-state index in [4.69, 9.17) is 4.98 Å². The molecule has 9 aromatic carbocycles. The van der Waals surface area contributed by atoms with Crippen LogP contribution in [0.5, 0.6) is 0 Å². The van der Waals surface area contributed by atoms with Crippen LogP contribution >= 0.6 is 0 Å². The van der Waals surface area contributed by atoms with E-state index in [0.29, 0.717) is 0 Å². The zero-order chi connectivity index (χ0) is 33.1. The molecule has 0 saturated heterocycles. The van der Waals surface area contributed by atoms with Crippen LogP contribution in [0.4, 0.5) is 0 Å². The molecule has 0 N–H and O–H groups in total. The highest BCUT2D eigenvalue weighted by atomic mass is 15.1. The third kappa shape index (κ3) is 4.18. The zero-order valence-electron chi connectivity index (χ0n) is 27.4. The fourth-order valence-corrected chi connectivity index (χ4v) is 8.34. The first-order chi connectivity index (χ1) is 24.8. The monoisotopic (exact) mass is 636 g/mol. The molecule has 10 rings (SSSR count). The first-order valence-electron chi connectivity index (χ1n) is 17.2. The average molecular weight is 637 g/mol. The van der Waals surface area contributed by atoms with Gasteiger partial charge >= 0.3 is 0 Å². The van der Waals surface area contributed by atoms with Crippen molar-refractivity contribution >= 4 is 43.4 Å². The topological polar surface area (TPSA) is 17.8 Å². The highest BCUT2D eigenvalue weighted by Crippen LogP contribution is 2.50. The molecule has 2 heteroatoms. The van der Waals surface area contributed by atoms with E-state index in [-0.39, 0.29) is 0 Å². The van der Waals surface area contributed by atoms with Gasteiger partial charge in [0.2, 0.25) is 0 Å². The Morgan fingerprint density at radius 3 is 1.68 bits per heavy atom. The number of aromatic nitrogens is 2. The van der Waals surface area contributed by atoms with Crippen molar-refractivity contribution in [3.8, 4) is 17.1 Å². The Kier molecular flexibility index (Phi) is 6.43. The minimum atomic E-state index is -0.607. The molecule has 1 heterocycles. The van der Waals surface area contributed by atoms with E-state index in [2.05, 4.69) is 199 Å². The van der Waals surface area contributed by atoms with Gasteiger partial charge in [-0.3, -0.25) is 4.57 Å². The normalized spacial score (nSPS) is 12.0. The summed E-state index contributed by atoms with van der Waals surface area (Å²) < 4.78 is 2.27. The molecule has 0 radical (unpaired) electrons. The number of para-hydroxylation sites is 3. The number of benzene rings is 9. The van der Waals surface area contributed by atoms with Gasteiger partial charge < -0.3 is 0 Å². The molecule has 2 nitrogen and oxygen atoms in total. The first kappa shape index (κ1) is 28.5. The van der Waals surface area contributed by atoms with Crippen LogP contribution in [0.2, 0.25) is 0 Å². The van der Waals surface area contributed by atoms with E-state index in [0.717, 1.165) is 28.1 Å². The van der Waals surface area contributed by atoms with E-state index in [9.17, 15) is 0 Å². The van der Waals surface area contributed by atoms with Gasteiger partial charge in [0.15, 0.2) is 0 Å². The maximum atomic E-state index is 5.18. The number of hydrogen-bond acceptors (Lipinski definition) is 1. The minimum Gasteiger partial charge on any atom is -0.292 e. The molecule has 50 heavy (non-hydrogen) atoms. The third-order valence-electron chi connectivity index (χ3n) is 10.5. The van der Waals surface area contributed by atoms with Crippen molar-refractivity contribution in [3.63, 3.8) is 0 Å². The molecule has 0 aliphatic carbocycles. The van der Waals surface area contributed by atoms with E-state index < -0.39 is 5.41 Å². The minimum absolute atomic E-state index is 0.607. The largest absolute Gasteiger partial charge is 0.292 e. The van der Waals surface area contributed by atoms with E-state index in [1.54, 1.807) is 0 Å². The molecule has 0 saturated carbocycles. The summed E-state index contributed by atoms with van der Waals surface area (Å²) in [5, 5.41) is 7.71. The van der Waals surface area contributed by atoms with Crippen molar-refractivity contribution < 1.29 is 0 Å². The molecule has 0 aliphatic rings. The van der Waals surface area contributed by atoms with E-state index in [1.165, 1.54) is 54.6 Å². The van der Waals surface area contributed by atoms with Gasteiger partial charge in [-0.1, -0.05) is 164 Å². The summed E-state index contributed by atoms with van der Waals surface area (Å²) in [6.07, 6.45) is 0. The van der Waals surface area contributed by atoms with Gasteiger partial charge in [0.1, 0.15) is 5.82 Å². The molecule has 0 unspecified atom stereocenters. The summed E-state index contributed by atoms with van der Waals surface area (Å²) in [4.78, 5) is 5.18. The summed E-state index contributed by atoms with van der Waals surface area (Å²) in [6, 6.07) is 70.6. The molecule has 0 bridgehead atoms. The molecular weight excluding hydrogens is 605 g/mol. The first-order valence-corrected chi connectivity index (χ1v) is 17.2. The number of imidazole rings is 1. The summed E-state index contributed by atoms with van der Waals surface area (Å²) >= 11 is 0. The Bertz CT molecular complexity index is 2740. The number of nitrogens with zero attached hydrogens (tertiary/aromatic N) is 2. The molecule has 0 spiro atoms. The van der Waals surface area contributed by atoms with Gasteiger partial charge in [0, 0.05) is 11.3 Å². The van der Waals surface area contributed by atoms with Gasteiger partial charge in [0.25, 0.3) is 0 Å². The van der Waals surface area contributed by atoms with Crippen LogP contribution in [0.1, 0.15) is 22.3 Å². The van der Waals surface area contributed by atoms with Crippen LogP contribution in [0, 0.1) is 0 Å². The fraction of sp³-hybridized carbons (Fsp3) is 0.0208. The van der Waals surface area contributed by atoms with Crippen molar-refractivity contribution in [2.45, 2.75) is 5.41 Å². The molecular formula is C48H32N2. The third-order valence-corrected chi connectivity index (χ3v) is 10.5. The van der Waals surface area contributed by atoms with Crippen molar-refractivity contribution in [3.05, 3.63) is 216 Å². The summed E-state index contributed by atoms with van der Waals surface area (Å²) in [5.74, 6) is 0.927. The van der Waals surface area contributed by atoms with E-state index in [1.807, 2.05) is 0 Å². The van der Waals surface area contributed by atoms with Crippen molar-refractivity contribution in [1.82, 2.24) is 9.55 Å². The molecule has 234 valence electrons. The Balaban J connectivity index is 1.29. The van der Waals surface area contributed by atoms with Gasteiger partial charge in [-0.15, -0.1) is 0 Å². The maximum absolute atomic E-state index is 5.18. The Morgan fingerprint density at radius 2 is 0.980 bits per heavy atom. The van der Waals surface area contributed by atoms with Crippen molar-refractivity contribution in [1.29, 1.82) is 0 Å². The molecule has 0 fully saturated rings. The lowest BCUT2D eigenvalue weighted by molar-refractivity contribution is 0.753. The van der Waals surface area contributed by atoms with Gasteiger partial charge in [0.05, 0.1) is 16.4 Å². The lowest BCUT2D eigenvalue weighted by atomic mass is 9.63. The zero-order valence-corrected chi connectivity index (χ0v) is 27.4. The Morgan fingerprint density at radius 1 is 0.420 bits per heavy atom. The summed E-state index contributed by atoms with van der Waals surface area (Å²) in [5.41, 5.74) is 8.56. The highest BCUT2D eigenvalue weighted by molar-refractivity contribution is 6.24.